The van der Waals surface area contributed by atoms with Gasteiger partial charge in [0.15, 0.2) is 0 Å². The zero-order valence-corrected chi connectivity index (χ0v) is 13.4. The molecule has 0 aliphatic heterocycles. The number of nitrogens with one attached hydrogen (secondary N) is 2. The predicted octanol–water partition coefficient (Wildman–Crippen LogP) is 2.92. The molecular weight excluding hydrogens is 260 g/mol. The van der Waals surface area contributed by atoms with Gasteiger partial charge in [0, 0.05) is 13.1 Å². The molecule has 0 radical (unpaired) electrons. The lowest BCUT2D eigenvalue weighted by molar-refractivity contribution is -0.128. The first kappa shape index (κ1) is 16.0. The molecule has 2 N–H and O–H groups in total. The molecule has 1 aliphatic rings. The summed E-state index contributed by atoms with van der Waals surface area (Å²) in [6, 6.07) is 8.49. The first-order valence-corrected chi connectivity index (χ1v) is 8.25. The second-order valence-electron chi connectivity index (χ2n) is 6.12. The minimum atomic E-state index is -0.309. The lowest BCUT2D eigenvalue weighted by Gasteiger charge is -2.36. The third-order valence-corrected chi connectivity index (χ3v) is 4.55. The first-order chi connectivity index (χ1) is 10.2. The van der Waals surface area contributed by atoms with Crippen LogP contribution in [0.5, 0.6) is 0 Å². The molecular formula is C18H28N2O. The summed E-state index contributed by atoms with van der Waals surface area (Å²) in [5.74, 6) is 0.214. The minimum Gasteiger partial charge on any atom is -0.354 e. The van der Waals surface area contributed by atoms with Gasteiger partial charge in [0.2, 0.25) is 5.91 Å². The van der Waals surface area contributed by atoms with E-state index in [1.165, 1.54) is 17.5 Å². The van der Waals surface area contributed by atoms with Crippen molar-refractivity contribution in [3.63, 3.8) is 0 Å². The van der Waals surface area contributed by atoms with Crippen LogP contribution in [0.2, 0.25) is 0 Å². The molecule has 0 bridgehead atoms. The Hall–Kier alpha value is -1.35. The Balaban J connectivity index is 2.15. The van der Waals surface area contributed by atoms with Crippen molar-refractivity contribution in [3.8, 4) is 0 Å². The molecule has 3 nitrogen and oxygen atoms in total. The van der Waals surface area contributed by atoms with Gasteiger partial charge >= 0.3 is 0 Å². The van der Waals surface area contributed by atoms with E-state index in [1.807, 2.05) is 0 Å². The highest BCUT2D eigenvalue weighted by atomic mass is 16.2. The van der Waals surface area contributed by atoms with Crippen molar-refractivity contribution < 1.29 is 4.79 Å². The number of likely N-dealkylation sites (N-methyl/N-ethyl adjacent to an activating group) is 1. The van der Waals surface area contributed by atoms with E-state index in [9.17, 15) is 4.79 Å². The van der Waals surface area contributed by atoms with Crippen LogP contribution in [0.3, 0.4) is 0 Å². The third kappa shape index (κ3) is 3.85. The zero-order chi connectivity index (χ0) is 15.1. The number of amides is 1. The van der Waals surface area contributed by atoms with Crippen LogP contribution >= 0.6 is 0 Å². The van der Waals surface area contributed by atoms with Gasteiger partial charge in [-0.05, 0) is 31.9 Å². The van der Waals surface area contributed by atoms with Crippen molar-refractivity contribution in [3.05, 3.63) is 35.4 Å². The summed E-state index contributed by atoms with van der Waals surface area (Å²) in [6.07, 6.45) is 5.49. The molecule has 2 rings (SSSR count). The number of aryl methyl sites for hydroxylation is 1. The smallest absolute Gasteiger partial charge is 0.230 e. The van der Waals surface area contributed by atoms with E-state index in [1.54, 1.807) is 0 Å². The van der Waals surface area contributed by atoms with E-state index in [-0.39, 0.29) is 11.3 Å². The van der Waals surface area contributed by atoms with Gasteiger partial charge < -0.3 is 10.6 Å². The Morgan fingerprint density at radius 3 is 2.62 bits per heavy atom. The van der Waals surface area contributed by atoms with Crippen LogP contribution in [0.25, 0.3) is 0 Å². The lowest BCUT2D eigenvalue weighted by Crippen LogP contribution is -2.47. The standard InChI is InChI=1S/C18H28N2O/c1-3-19-12-13-20-17(21)18(10-5-4-6-11-18)16-9-7-8-15(2)14-16/h7-9,14,19H,3-6,10-13H2,1-2H3,(H,20,21). The lowest BCUT2D eigenvalue weighted by atomic mass is 9.68. The van der Waals surface area contributed by atoms with Crippen LogP contribution in [-0.4, -0.2) is 25.5 Å². The van der Waals surface area contributed by atoms with E-state index < -0.39 is 0 Å². The van der Waals surface area contributed by atoms with Crippen LogP contribution < -0.4 is 10.6 Å². The summed E-state index contributed by atoms with van der Waals surface area (Å²) in [5, 5.41) is 6.40. The van der Waals surface area contributed by atoms with E-state index in [4.69, 9.17) is 0 Å². The van der Waals surface area contributed by atoms with Gasteiger partial charge in [-0.25, -0.2) is 0 Å². The van der Waals surface area contributed by atoms with Crippen molar-refractivity contribution in [2.75, 3.05) is 19.6 Å². The highest BCUT2D eigenvalue weighted by Crippen LogP contribution is 2.39. The molecule has 0 saturated heterocycles. The maximum atomic E-state index is 12.9. The highest BCUT2D eigenvalue weighted by Gasteiger charge is 2.40. The topological polar surface area (TPSA) is 41.1 Å². The van der Waals surface area contributed by atoms with Crippen LogP contribution in [-0.2, 0) is 10.2 Å². The fourth-order valence-corrected chi connectivity index (χ4v) is 3.36. The predicted molar refractivity (Wildman–Crippen MR) is 87.5 cm³/mol. The summed E-state index contributed by atoms with van der Waals surface area (Å²) in [4.78, 5) is 12.9. The Morgan fingerprint density at radius 2 is 1.95 bits per heavy atom. The normalized spacial score (nSPS) is 17.4. The van der Waals surface area contributed by atoms with Gasteiger partial charge in [0.05, 0.1) is 5.41 Å². The summed E-state index contributed by atoms with van der Waals surface area (Å²) in [5.41, 5.74) is 2.12. The molecule has 0 atom stereocenters. The summed E-state index contributed by atoms with van der Waals surface area (Å²) in [6.45, 7) is 6.67. The fourth-order valence-electron chi connectivity index (χ4n) is 3.36. The van der Waals surface area contributed by atoms with Gasteiger partial charge in [-0.3, -0.25) is 4.79 Å². The molecule has 3 heteroatoms. The molecule has 0 aromatic heterocycles. The Morgan fingerprint density at radius 1 is 1.19 bits per heavy atom. The number of carbonyl (C=O) groups is 1. The summed E-state index contributed by atoms with van der Waals surface area (Å²) >= 11 is 0. The van der Waals surface area contributed by atoms with Crippen LogP contribution in [0.1, 0.15) is 50.2 Å². The molecule has 0 unspecified atom stereocenters. The summed E-state index contributed by atoms with van der Waals surface area (Å²) < 4.78 is 0. The number of hydrogen-bond acceptors (Lipinski definition) is 2. The SMILES string of the molecule is CCNCCNC(=O)C1(c2cccc(C)c2)CCCCC1. The highest BCUT2D eigenvalue weighted by molar-refractivity contribution is 5.88. The number of benzene rings is 1. The van der Waals surface area contributed by atoms with Crippen molar-refractivity contribution >= 4 is 5.91 Å². The van der Waals surface area contributed by atoms with Gasteiger partial charge in [-0.2, -0.15) is 0 Å². The molecule has 1 amide bonds. The van der Waals surface area contributed by atoms with Crippen molar-refractivity contribution in [1.82, 2.24) is 10.6 Å². The maximum Gasteiger partial charge on any atom is 0.230 e. The van der Waals surface area contributed by atoms with E-state index >= 15 is 0 Å². The summed E-state index contributed by atoms with van der Waals surface area (Å²) in [7, 11) is 0. The third-order valence-electron chi connectivity index (χ3n) is 4.55. The average Bonchev–Trinajstić information content (AvgIpc) is 2.52. The van der Waals surface area contributed by atoms with E-state index in [0.717, 1.165) is 38.8 Å². The minimum absolute atomic E-state index is 0.214. The number of hydrogen-bond donors (Lipinski definition) is 2. The molecule has 1 aliphatic carbocycles. The molecule has 0 spiro atoms. The number of carbonyl (C=O) groups excluding carboxylic acids is 1. The second-order valence-corrected chi connectivity index (χ2v) is 6.12. The Bertz CT molecular complexity index is 464. The molecule has 1 saturated carbocycles. The van der Waals surface area contributed by atoms with Gasteiger partial charge in [-0.1, -0.05) is 56.0 Å². The Kier molecular flexibility index (Phi) is 5.80. The molecule has 1 aromatic rings. The quantitative estimate of drug-likeness (QED) is 0.790. The van der Waals surface area contributed by atoms with Crippen LogP contribution in [0, 0.1) is 6.92 Å². The Labute approximate surface area is 128 Å². The maximum absolute atomic E-state index is 12.9. The zero-order valence-electron chi connectivity index (χ0n) is 13.4. The average molecular weight is 288 g/mol. The van der Waals surface area contributed by atoms with Crippen LogP contribution in [0.4, 0.5) is 0 Å². The van der Waals surface area contributed by atoms with Crippen molar-refractivity contribution in [2.24, 2.45) is 0 Å². The molecule has 116 valence electrons. The van der Waals surface area contributed by atoms with E-state index in [0.29, 0.717) is 6.54 Å². The van der Waals surface area contributed by atoms with Crippen molar-refractivity contribution in [1.29, 1.82) is 0 Å². The van der Waals surface area contributed by atoms with Gasteiger partial charge in [0.1, 0.15) is 0 Å². The molecule has 1 aromatic carbocycles. The molecule has 0 heterocycles. The number of rotatable bonds is 6. The van der Waals surface area contributed by atoms with Gasteiger partial charge in [-0.15, -0.1) is 0 Å². The largest absolute Gasteiger partial charge is 0.354 e. The molecule has 21 heavy (non-hydrogen) atoms. The van der Waals surface area contributed by atoms with E-state index in [2.05, 4.69) is 48.7 Å². The fraction of sp³-hybridized carbons (Fsp3) is 0.611. The first-order valence-electron chi connectivity index (χ1n) is 8.25. The van der Waals surface area contributed by atoms with Crippen LogP contribution in [0.15, 0.2) is 24.3 Å². The second kappa shape index (κ2) is 7.60. The monoisotopic (exact) mass is 288 g/mol. The van der Waals surface area contributed by atoms with Gasteiger partial charge in [0.25, 0.3) is 0 Å². The molecule has 1 fully saturated rings. The van der Waals surface area contributed by atoms with Crippen molar-refractivity contribution in [2.45, 2.75) is 51.4 Å².